The van der Waals surface area contributed by atoms with Gasteiger partial charge in [0.2, 0.25) is 0 Å². The number of sulfonamides is 1. The SMILES string of the molecule is Cc1cc(NS(=O)(=O)c2ccc(NC(=S)Nc3ccc(C)c(Cl)c3)cc2)no1. The summed E-state index contributed by atoms with van der Waals surface area (Å²) in [5.41, 5.74) is 2.35. The van der Waals surface area contributed by atoms with E-state index in [9.17, 15) is 8.42 Å². The molecule has 0 amide bonds. The molecule has 0 bridgehead atoms. The summed E-state index contributed by atoms with van der Waals surface area (Å²) in [4.78, 5) is 0.0860. The highest BCUT2D eigenvalue weighted by Gasteiger charge is 2.16. The van der Waals surface area contributed by atoms with E-state index in [0.717, 1.165) is 11.3 Å². The molecule has 7 nitrogen and oxygen atoms in total. The molecule has 3 rings (SSSR count). The molecule has 0 aliphatic carbocycles. The van der Waals surface area contributed by atoms with Crippen LogP contribution in [0.5, 0.6) is 0 Å². The molecule has 3 N–H and O–H groups in total. The van der Waals surface area contributed by atoms with Crippen LogP contribution in [0.4, 0.5) is 17.2 Å². The lowest BCUT2D eigenvalue weighted by molar-refractivity contribution is 0.400. The number of hydrogen-bond donors (Lipinski definition) is 3. The minimum atomic E-state index is -3.77. The molecule has 0 saturated heterocycles. The zero-order valence-electron chi connectivity index (χ0n) is 15.0. The third kappa shape index (κ3) is 5.00. The van der Waals surface area contributed by atoms with E-state index >= 15 is 0 Å². The lowest BCUT2D eigenvalue weighted by Gasteiger charge is -2.12. The van der Waals surface area contributed by atoms with Crippen LogP contribution in [0.2, 0.25) is 5.02 Å². The summed E-state index contributed by atoms with van der Waals surface area (Å²) >= 11 is 11.4. The number of thiocarbonyl (C=S) groups is 1. The highest BCUT2D eigenvalue weighted by atomic mass is 35.5. The first-order valence-electron chi connectivity index (χ1n) is 8.13. The summed E-state index contributed by atoms with van der Waals surface area (Å²) in [6, 6.07) is 13.2. The van der Waals surface area contributed by atoms with Gasteiger partial charge in [0, 0.05) is 22.5 Å². The van der Waals surface area contributed by atoms with Gasteiger partial charge in [-0.2, -0.15) is 0 Å². The second kappa shape index (κ2) is 8.17. The van der Waals surface area contributed by atoms with Crippen molar-refractivity contribution in [3.8, 4) is 0 Å². The van der Waals surface area contributed by atoms with Gasteiger partial charge in [-0.25, -0.2) is 8.42 Å². The minimum Gasteiger partial charge on any atom is -0.360 e. The van der Waals surface area contributed by atoms with Gasteiger partial charge in [0.1, 0.15) is 5.76 Å². The smallest absolute Gasteiger partial charge is 0.263 e. The molecule has 0 unspecified atom stereocenters. The van der Waals surface area contributed by atoms with Crippen molar-refractivity contribution in [1.29, 1.82) is 0 Å². The van der Waals surface area contributed by atoms with E-state index in [4.69, 9.17) is 28.3 Å². The monoisotopic (exact) mass is 436 g/mol. The summed E-state index contributed by atoms with van der Waals surface area (Å²) in [6.45, 7) is 3.59. The second-order valence-electron chi connectivity index (χ2n) is 6.00. The Morgan fingerprint density at radius 3 is 2.29 bits per heavy atom. The van der Waals surface area contributed by atoms with Gasteiger partial charge in [0.25, 0.3) is 10.0 Å². The molecule has 0 fully saturated rings. The molecule has 1 aromatic heterocycles. The number of benzene rings is 2. The number of aryl methyl sites for hydroxylation is 2. The van der Waals surface area contributed by atoms with Crippen molar-refractivity contribution >= 4 is 56.1 Å². The van der Waals surface area contributed by atoms with Crippen molar-refractivity contribution in [3.05, 3.63) is 64.9 Å². The van der Waals surface area contributed by atoms with Gasteiger partial charge in [-0.3, -0.25) is 4.72 Å². The third-order valence-corrected chi connectivity index (χ3v) is 5.70. The number of hydrogen-bond acceptors (Lipinski definition) is 5. The van der Waals surface area contributed by atoms with E-state index in [2.05, 4.69) is 20.5 Å². The zero-order valence-corrected chi connectivity index (χ0v) is 17.4. The van der Waals surface area contributed by atoms with Crippen molar-refractivity contribution in [3.63, 3.8) is 0 Å². The maximum Gasteiger partial charge on any atom is 0.263 e. The van der Waals surface area contributed by atoms with Gasteiger partial charge in [-0.15, -0.1) is 0 Å². The van der Waals surface area contributed by atoms with Crippen LogP contribution < -0.4 is 15.4 Å². The van der Waals surface area contributed by atoms with E-state index in [1.165, 1.54) is 18.2 Å². The first-order valence-corrected chi connectivity index (χ1v) is 10.4. The fourth-order valence-electron chi connectivity index (χ4n) is 2.29. The molecule has 3 aromatic rings. The van der Waals surface area contributed by atoms with Crippen LogP contribution in [0.3, 0.4) is 0 Å². The maximum atomic E-state index is 12.4. The van der Waals surface area contributed by atoms with E-state index in [1.807, 2.05) is 19.1 Å². The summed E-state index contributed by atoms with van der Waals surface area (Å²) in [6.07, 6.45) is 0. The average Bonchev–Trinajstić information content (AvgIpc) is 3.02. The fraction of sp³-hybridized carbons (Fsp3) is 0.111. The van der Waals surface area contributed by atoms with Crippen LogP contribution in [0.1, 0.15) is 11.3 Å². The Labute approximate surface area is 173 Å². The van der Waals surface area contributed by atoms with E-state index in [-0.39, 0.29) is 10.7 Å². The standard InChI is InChI=1S/C18H17ClN4O3S2/c1-11-3-4-14(10-16(11)19)21-18(27)20-13-5-7-15(8-6-13)28(24,25)23-17-9-12(2)26-22-17/h3-10H,1-2H3,(H,22,23)(H2,20,21,27). The Balaban J connectivity index is 1.64. The van der Waals surface area contributed by atoms with E-state index in [1.54, 1.807) is 25.1 Å². The molecule has 0 spiro atoms. The molecule has 28 heavy (non-hydrogen) atoms. The Bertz CT molecular complexity index is 1110. The molecule has 10 heteroatoms. The van der Waals surface area contributed by atoms with Gasteiger partial charge in [-0.05, 0) is 68.0 Å². The van der Waals surface area contributed by atoms with Crippen molar-refractivity contribution in [2.75, 3.05) is 15.4 Å². The van der Waals surface area contributed by atoms with Crippen molar-refractivity contribution in [2.24, 2.45) is 0 Å². The summed E-state index contributed by atoms with van der Waals surface area (Å²) in [5.74, 6) is 0.634. The van der Waals surface area contributed by atoms with E-state index < -0.39 is 10.0 Å². The number of nitrogens with zero attached hydrogens (tertiary/aromatic N) is 1. The summed E-state index contributed by atoms with van der Waals surface area (Å²) in [7, 11) is -3.77. The van der Waals surface area contributed by atoms with Crippen LogP contribution in [0.25, 0.3) is 0 Å². The van der Waals surface area contributed by atoms with Crippen molar-refractivity contribution < 1.29 is 12.9 Å². The summed E-state index contributed by atoms with van der Waals surface area (Å²) < 4.78 is 32.0. The van der Waals surface area contributed by atoms with Crippen LogP contribution in [-0.4, -0.2) is 18.7 Å². The normalized spacial score (nSPS) is 11.1. The first-order chi connectivity index (χ1) is 13.2. The van der Waals surface area contributed by atoms with Crippen LogP contribution in [-0.2, 0) is 10.0 Å². The van der Waals surface area contributed by atoms with E-state index in [0.29, 0.717) is 21.6 Å². The number of rotatable bonds is 5. The van der Waals surface area contributed by atoms with Gasteiger partial charge < -0.3 is 15.2 Å². The number of aromatic nitrogens is 1. The molecule has 0 aliphatic heterocycles. The predicted octanol–water partition coefficient (Wildman–Crippen LogP) is 4.55. The Morgan fingerprint density at radius 2 is 1.68 bits per heavy atom. The Kier molecular flexibility index (Phi) is 5.87. The molecule has 146 valence electrons. The molecule has 0 aliphatic rings. The number of halogens is 1. The Morgan fingerprint density at radius 1 is 1.04 bits per heavy atom. The number of nitrogens with one attached hydrogen (secondary N) is 3. The fourth-order valence-corrected chi connectivity index (χ4v) is 3.69. The molecular weight excluding hydrogens is 420 g/mol. The van der Waals surface area contributed by atoms with Crippen molar-refractivity contribution in [2.45, 2.75) is 18.7 Å². The second-order valence-corrected chi connectivity index (χ2v) is 8.49. The van der Waals surface area contributed by atoms with Crippen molar-refractivity contribution in [1.82, 2.24) is 5.16 Å². The van der Waals surface area contributed by atoms with Gasteiger partial charge in [0.05, 0.1) is 4.90 Å². The van der Waals surface area contributed by atoms with Gasteiger partial charge in [-0.1, -0.05) is 22.8 Å². The molecule has 0 radical (unpaired) electrons. The lowest BCUT2D eigenvalue weighted by Crippen LogP contribution is -2.19. The topological polar surface area (TPSA) is 96.3 Å². The molecule has 2 aromatic carbocycles. The van der Waals surface area contributed by atoms with Crippen LogP contribution in [0.15, 0.2) is 57.9 Å². The average molecular weight is 437 g/mol. The minimum absolute atomic E-state index is 0.0860. The highest BCUT2D eigenvalue weighted by molar-refractivity contribution is 7.92. The quantitative estimate of drug-likeness (QED) is 0.504. The van der Waals surface area contributed by atoms with Gasteiger partial charge >= 0.3 is 0 Å². The van der Waals surface area contributed by atoms with Crippen LogP contribution in [0, 0.1) is 13.8 Å². The lowest BCUT2D eigenvalue weighted by atomic mass is 10.2. The zero-order chi connectivity index (χ0) is 20.3. The largest absolute Gasteiger partial charge is 0.360 e. The van der Waals surface area contributed by atoms with Gasteiger partial charge in [0.15, 0.2) is 10.9 Å². The first kappa shape index (κ1) is 20.1. The maximum absolute atomic E-state index is 12.4. The highest BCUT2D eigenvalue weighted by Crippen LogP contribution is 2.21. The Hall–Kier alpha value is -2.62. The van der Waals surface area contributed by atoms with Crippen LogP contribution >= 0.6 is 23.8 Å². The third-order valence-electron chi connectivity index (χ3n) is 3.72. The number of anilines is 3. The molecule has 0 atom stereocenters. The molecule has 0 saturated carbocycles. The predicted molar refractivity (Wildman–Crippen MR) is 115 cm³/mol. The molecular formula is C18H17ClN4O3S2. The summed E-state index contributed by atoms with van der Waals surface area (Å²) in [5, 5.41) is 10.6. The molecule has 1 heterocycles.